The number of hydrogen-bond acceptors (Lipinski definition) is 3. The van der Waals surface area contributed by atoms with Gasteiger partial charge in [0.1, 0.15) is 11.5 Å². The fraction of sp³-hybridized carbons (Fsp3) is 0.0526. The molecule has 0 bridgehead atoms. The summed E-state index contributed by atoms with van der Waals surface area (Å²) >= 11 is 18.0. The highest BCUT2D eigenvalue weighted by atomic mass is 35.5. The number of halogens is 3. The summed E-state index contributed by atoms with van der Waals surface area (Å²) in [6, 6.07) is 11.3. The maximum absolute atomic E-state index is 10.0. The number of rotatable bonds is 3. The Morgan fingerprint density at radius 3 is 2.36 bits per heavy atom. The van der Waals surface area contributed by atoms with Gasteiger partial charge < -0.3 is 14.3 Å². The van der Waals surface area contributed by atoms with Crippen LogP contribution < -0.4 is 4.74 Å². The molecule has 0 saturated carbocycles. The van der Waals surface area contributed by atoms with Gasteiger partial charge in [-0.15, -0.1) is 6.58 Å². The van der Waals surface area contributed by atoms with E-state index in [0.717, 1.165) is 0 Å². The van der Waals surface area contributed by atoms with Crippen molar-refractivity contribution in [3.05, 3.63) is 76.5 Å². The summed E-state index contributed by atoms with van der Waals surface area (Å²) < 4.78 is 11.0. The molecule has 0 spiro atoms. The molecular weight excluding hydrogens is 383 g/mol. The van der Waals surface area contributed by atoms with Gasteiger partial charge in [0.05, 0.1) is 16.3 Å². The lowest BCUT2D eigenvalue weighted by atomic mass is 10.1. The molecule has 0 aliphatic carbocycles. The van der Waals surface area contributed by atoms with E-state index in [1.165, 1.54) is 12.3 Å². The second-order valence-electron chi connectivity index (χ2n) is 4.86. The average molecular weight is 398 g/mol. The normalized spacial score (nSPS) is 9.92. The van der Waals surface area contributed by atoms with Crippen LogP contribution in [0.3, 0.4) is 0 Å². The number of phenolic OH excluding ortho intramolecular Hbond substituents is 1. The van der Waals surface area contributed by atoms with Crippen molar-refractivity contribution >= 4 is 34.8 Å². The minimum Gasteiger partial charge on any atom is -0.504 e. The number of allylic oxidation sites excluding steroid dienone is 1. The van der Waals surface area contributed by atoms with Crippen molar-refractivity contribution in [2.24, 2.45) is 0 Å². The molecular formula is C19H15Cl3O3. The molecule has 0 atom stereocenters. The molecule has 3 aromatic rings. The van der Waals surface area contributed by atoms with Crippen molar-refractivity contribution in [1.29, 1.82) is 0 Å². The van der Waals surface area contributed by atoms with Crippen molar-refractivity contribution in [3.63, 3.8) is 0 Å². The molecule has 0 unspecified atom stereocenters. The van der Waals surface area contributed by atoms with Crippen molar-refractivity contribution in [3.8, 4) is 28.6 Å². The number of benzene rings is 2. The maximum atomic E-state index is 10.0. The quantitative estimate of drug-likeness (QED) is 0.463. The van der Waals surface area contributed by atoms with Gasteiger partial charge in [-0.1, -0.05) is 40.9 Å². The van der Waals surface area contributed by atoms with Crippen LogP contribution in [0.5, 0.6) is 17.2 Å². The van der Waals surface area contributed by atoms with Crippen molar-refractivity contribution < 1.29 is 14.3 Å². The highest BCUT2D eigenvalue weighted by Gasteiger charge is 2.14. The topological polar surface area (TPSA) is 42.6 Å². The third-order valence-corrected chi connectivity index (χ3v) is 3.79. The van der Waals surface area contributed by atoms with Crippen molar-refractivity contribution in [2.45, 2.75) is 6.92 Å². The SMILES string of the molecule is C=CC.Oc1cc(Cl)c(-c2ccco2)cc1Oc1ccc(Cl)cc1Cl. The van der Waals surface area contributed by atoms with E-state index >= 15 is 0 Å². The van der Waals surface area contributed by atoms with Gasteiger partial charge >= 0.3 is 0 Å². The zero-order valence-corrected chi connectivity index (χ0v) is 15.6. The van der Waals surface area contributed by atoms with E-state index in [-0.39, 0.29) is 11.5 Å². The molecule has 3 rings (SSSR count). The van der Waals surface area contributed by atoms with E-state index in [0.29, 0.717) is 32.1 Å². The highest BCUT2D eigenvalue weighted by Crippen LogP contribution is 2.41. The average Bonchev–Trinajstić information content (AvgIpc) is 3.07. The molecule has 2 aromatic carbocycles. The fourth-order valence-corrected chi connectivity index (χ4v) is 2.62. The summed E-state index contributed by atoms with van der Waals surface area (Å²) in [4.78, 5) is 0. The molecule has 25 heavy (non-hydrogen) atoms. The van der Waals surface area contributed by atoms with Gasteiger partial charge in [0.25, 0.3) is 0 Å². The first-order chi connectivity index (χ1) is 12.0. The van der Waals surface area contributed by atoms with E-state index in [4.69, 9.17) is 44.0 Å². The van der Waals surface area contributed by atoms with Crippen LogP contribution in [0.1, 0.15) is 6.92 Å². The molecule has 0 aliphatic heterocycles. The summed E-state index contributed by atoms with van der Waals surface area (Å²) in [5.41, 5.74) is 0.601. The molecule has 3 nitrogen and oxygen atoms in total. The predicted octanol–water partition coefficient (Wildman–Crippen LogP) is 7.60. The molecule has 0 radical (unpaired) electrons. The summed E-state index contributed by atoms with van der Waals surface area (Å²) in [6.07, 6.45) is 3.29. The molecule has 0 saturated heterocycles. The van der Waals surface area contributed by atoms with Gasteiger partial charge in [-0.05, 0) is 43.3 Å². The Hall–Kier alpha value is -2.07. The lowest BCUT2D eigenvalue weighted by Gasteiger charge is -2.11. The first kappa shape index (κ1) is 19.3. The van der Waals surface area contributed by atoms with Gasteiger partial charge in [0.2, 0.25) is 0 Å². The van der Waals surface area contributed by atoms with E-state index in [1.807, 2.05) is 6.92 Å². The number of ether oxygens (including phenoxy) is 1. The number of furan rings is 1. The van der Waals surface area contributed by atoms with Crippen LogP contribution in [0.25, 0.3) is 11.3 Å². The number of aromatic hydroxyl groups is 1. The van der Waals surface area contributed by atoms with Gasteiger partial charge in [0, 0.05) is 16.7 Å². The van der Waals surface area contributed by atoms with Gasteiger partial charge in [-0.3, -0.25) is 0 Å². The van der Waals surface area contributed by atoms with E-state index in [2.05, 4.69) is 6.58 Å². The molecule has 0 fully saturated rings. The Kier molecular flexibility index (Phi) is 6.82. The molecule has 1 N–H and O–H groups in total. The monoisotopic (exact) mass is 396 g/mol. The van der Waals surface area contributed by atoms with Crippen LogP contribution in [0.4, 0.5) is 0 Å². The third kappa shape index (κ3) is 4.95. The first-order valence-electron chi connectivity index (χ1n) is 7.22. The van der Waals surface area contributed by atoms with Crippen LogP contribution in [0.2, 0.25) is 15.1 Å². The lowest BCUT2D eigenvalue weighted by Crippen LogP contribution is -1.88. The summed E-state index contributed by atoms with van der Waals surface area (Å²) in [6.45, 7) is 5.25. The zero-order chi connectivity index (χ0) is 18.4. The Balaban J connectivity index is 0.000000701. The molecule has 0 amide bonds. The Morgan fingerprint density at radius 2 is 1.76 bits per heavy atom. The van der Waals surface area contributed by atoms with E-state index < -0.39 is 0 Å². The maximum Gasteiger partial charge on any atom is 0.169 e. The van der Waals surface area contributed by atoms with Crippen LogP contribution in [0.15, 0.2) is 65.8 Å². The Labute approximate surface area is 161 Å². The number of hydrogen-bond donors (Lipinski definition) is 1. The predicted molar refractivity (Wildman–Crippen MR) is 103 cm³/mol. The molecule has 6 heteroatoms. The standard InChI is InChI=1S/C16H9Cl3O3.C3H6/c17-9-3-4-15(12(19)6-9)22-16-7-10(11(18)8-13(16)20)14-2-1-5-21-14;1-3-2/h1-8,20H;3H,1H2,2H3. The van der Waals surface area contributed by atoms with Gasteiger partial charge in [-0.25, -0.2) is 0 Å². The first-order valence-corrected chi connectivity index (χ1v) is 8.36. The van der Waals surface area contributed by atoms with Crippen LogP contribution >= 0.6 is 34.8 Å². The summed E-state index contributed by atoms with van der Waals surface area (Å²) in [5, 5.41) is 11.2. The van der Waals surface area contributed by atoms with Gasteiger partial charge in [0.15, 0.2) is 11.5 Å². The van der Waals surface area contributed by atoms with Gasteiger partial charge in [-0.2, -0.15) is 0 Å². The number of phenols is 1. The zero-order valence-electron chi connectivity index (χ0n) is 13.3. The fourth-order valence-electron chi connectivity index (χ4n) is 1.92. The Morgan fingerprint density at radius 1 is 1.04 bits per heavy atom. The Bertz CT molecular complexity index is 859. The van der Waals surface area contributed by atoms with Crippen molar-refractivity contribution in [2.75, 3.05) is 0 Å². The lowest BCUT2D eigenvalue weighted by molar-refractivity contribution is 0.411. The van der Waals surface area contributed by atoms with Crippen LogP contribution in [-0.2, 0) is 0 Å². The van der Waals surface area contributed by atoms with E-state index in [9.17, 15) is 5.11 Å². The largest absolute Gasteiger partial charge is 0.504 e. The molecule has 0 aliphatic rings. The minimum atomic E-state index is -0.105. The summed E-state index contributed by atoms with van der Waals surface area (Å²) in [5.74, 6) is 1.04. The molecule has 130 valence electrons. The molecule has 1 aromatic heterocycles. The van der Waals surface area contributed by atoms with E-state index in [1.54, 1.807) is 42.5 Å². The second kappa shape index (κ2) is 8.86. The third-order valence-electron chi connectivity index (χ3n) is 2.95. The smallest absolute Gasteiger partial charge is 0.169 e. The summed E-state index contributed by atoms with van der Waals surface area (Å²) in [7, 11) is 0. The second-order valence-corrected chi connectivity index (χ2v) is 6.11. The van der Waals surface area contributed by atoms with Crippen LogP contribution in [-0.4, -0.2) is 5.11 Å². The molecule has 1 heterocycles. The highest BCUT2D eigenvalue weighted by molar-refractivity contribution is 6.35. The minimum absolute atomic E-state index is 0.105. The van der Waals surface area contributed by atoms with Crippen LogP contribution in [0, 0.1) is 0 Å². The van der Waals surface area contributed by atoms with Crippen molar-refractivity contribution in [1.82, 2.24) is 0 Å².